The fourth-order valence-corrected chi connectivity index (χ4v) is 3.11. The number of para-hydroxylation sites is 1. The number of aromatic nitrogens is 1. The molecule has 27 heavy (non-hydrogen) atoms. The standard InChI is InChI=1S/C19H17N.C7H8/c1-4-7-16-12-17(11-10-14(16)2)20-13-15(3)18-8-5-6-9-19(18)20;1-7-5-3-2-4-6-7/h4-13H,1-2H2,3H3;2-6H,1H3/b16-7-;. The summed E-state index contributed by atoms with van der Waals surface area (Å²) in [6.45, 7) is 12.0. The van der Waals surface area contributed by atoms with Crippen LogP contribution in [0.15, 0.2) is 91.6 Å². The Balaban J connectivity index is 0.000000253. The lowest BCUT2D eigenvalue weighted by molar-refractivity contribution is 1.11. The number of nitrogens with zero attached hydrogens (tertiary/aromatic N) is 1. The topological polar surface area (TPSA) is 4.93 Å². The molecule has 1 heterocycles. The first kappa shape index (κ1) is 18.5. The molecule has 0 unspecified atom stereocenters. The Bertz CT molecular complexity index is 1160. The summed E-state index contributed by atoms with van der Waals surface area (Å²) in [6, 6.07) is 25.0. The quantitative estimate of drug-likeness (QED) is 0.461. The molecule has 134 valence electrons. The second-order valence-corrected chi connectivity index (χ2v) is 6.64. The molecule has 0 amide bonds. The number of benzene rings is 3. The van der Waals surface area contributed by atoms with Crippen LogP contribution in [0.3, 0.4) is 0 Å². The van der Waals surface area contributed by atoms with Gasteiger partial charge in [-0.2, -0.15) is 0 Å². The predicted octanol–water partition coefficient (Wildman–Crippen LogP) is 5.31. The van der Waals surface area contributed by atoms with Gasteiger partial charge in [0, 0.05) is 17.3 Å². The monoisotopic (exact) mass is 351 g/mol. The molecule has 0 atom stereocenters. The highest BCUT2D eigenvalue weighted by Gasteiger charge is 2.05. The van der Waals surface area contributed by atoms with Crippen LogP contribution in [0.5, 0.6) is 0 Å². The molecule has 0 aliphatic heterocycles. The van der Waals surface area contributed by atoms with Crippen LogP contribution in [0.1, 0.15) is 11.1 Å². The number of fused-ring (bicyclic) bond motifs is 1. The number of rotatable bonds is 2. The van der Waals surface area contributed by atoms with Crippen LogP contribution < -0.4 is 10.4 Å². The van der Waals surface area contributed by atoms with E-state index in [1.54, 1.807) is 6.08 Å². The molecule has 3 aromatic carbocycles. The highest BCUT2D eigenvalue weighted by Crippen LogP contribution is 2.23. The van der Waals surface area contributed by atoms with Gasteiger partial charge in [0.25, 0.3) is 0 Å². The van der Waals surface area contributed by atoms with Crippen molar-refractivity contribution in [3.63, 3.8) is 0 Å². The molecular formula is C26H25N. The molecule has 1 nitrogen and oxygen atoms in total. The Kier molecular flexibility index (Phi) is 5.73. The van der Waals surface area contributed by atoms with Gasteiger partial charge in [-0.05, 0) is 48.0 Å². The zero-order valence-corrected chi connectivity index (χ0v) is 16.0. The van der Waals surface area contributed by atoms with E-state index < -0.39 is 0 Å². The summed E-state index contributed by atoms with van der Waals surface area (Å²) >= 11 is 0. The lowest BCUT2D eigenvalue weighted by Crippen LogP contribution is -2.22. The number of hydrogen-bond donors (Lipinski definition) is 0. The van der Waals surface area contributed by atoms with Crippen molar-refractivity contribution in [3.05, 3.63) is 113 Å². The first-order chi connectivity index (χ1) is 13.1. The molecule has 1 aromatic heterocycles. The van der Waals surface area contributed by atoms with Crippen molar-refractivity contribution in [2.24, 2.45) is 0 Å². The molecule has 0 radical (unpaired) electrons. The maximum atomic E-state index is 4.05. The Morgan fingerprint density at radius 2 is 1.56 bits per heavy atom. The van der Waals surface area contributed by atoms with Crippen LogP contribution >= 0.6 is 0 Å². The zero-order chi connectivity index (χ0) is 19.2. The molecule has 0 bridgehead atoms. The van der Waals surface area contributed by atoms with Crippen LogP contribution in [-0.2, 0) is 0 Å². The van der Waals surface area contributed by atoms with E-state index in [-0.39, 0.29) is 0 Å². The van der Waals surface area contributed by atoms with E-state index in [0.29, 0.717) is 0 Å². The Morgan fingerprint density at radius 1 is 0.852 bits per heavy atom. The fourth-order valence-electron chi connectivity index (χ4n) is 3.11. The first-order valence-corrected chi connectivity index (χ1v) is 9.10. The number of hydrogen-bond acceptors (Lipinski definition) is 0. The summed E-state index contributed by atoms with van der Waals surface area (Å²) in [5.41, 5.74) is 4.98. The smallest absolute Gasteiger partial charge is 0.0531 e. The maximum Gasteiger partial charge on any atom is 0.0531 e. The van der Waals surface area contributed by atoms with Crippen molar-refractivity contribution in [1.82, 2.24) is 4.57 Å². The molecule has 0 N–H and O–H groups in total. The zero-order valence-electron chi connectivity index (χ0n) is 16.0. The van der Waals surface area contributed by atoms with Gasteiger partial charge < -0.3 is 4.57 Å². The van der Waals surface area contributed by atoms with Crippen molar-refractivity contribution in [2.75, 3.05) is 0 Å². The first-order valence-electron chi connectivity index (χ1n) is 9.10. The maximum absolute atomic E-state index is 4.05. The summed E-state index contributed by atoms with van der Waals surface area (Å²) in [5, 5.41) is 3.41. The van der Waals surface area contributed by atoms with Gasteiger partial charge in [-0.1, -0.05) is 85.5 Å². The van der Waals surface area contributed by atoms with E-state index in [0.717, 1.165) is 16.1 Å². The molecule has 0 aliphatic carbocycles. The molecule has 0 spiro atoms. The minimum atomic E-state index is 1.02. The lowest BCUT2D eigenvalue weighted by Gasteiger charge is -2.05. The third-order valence-electron chi connectivity index (χ3n) is 4.56. The van der Waals surface area contributed by atoms with E-state index in [4.69, 9.17) is 0 Å². The predicted molar refractivity (Wildman–Crippen MR) is 119 cm³/mol. The molecule has 0 aliphatic rings. The normalized spacial score (nSPS) is 11.1. The van der Waals surface area contributed by atoms with E-state index in [1.165, 1.54) is 22.0 Å². The van der Waals surface area contributed by atoms with Gasteiger partial charge in [-0.3, -0.25) is 0 Å². The van der Waals surface area contributed by atoms with Crippen molar-refractivity contribution >= 4 is 23.6 Å². The van der Waals surface area contributed by atoms with Crippen LogP contribution in [0.25, 0.3) is 29.2 Å². The van der Waals surface area contributed by atoms with Gasteiger partial charge in [0.05, 0.1) is 5.52 Å². The number of aryl methyl sites for hydroxylation is 2. The second-order valence-electron chi connectivity index (χ2n) is 6.64. The van der Waals surface area contributed by atoms with Gasteiger partial charge in [-0.15, -0.1) is 0 Å². The van der Waals surface area contributed by atoms with Crippen LogP contribution in [0, 0.1) is 13.8 Å². The molecule has 4 rings (SSSR count). The van der Waals surface area contributed by atoms with E-state index in [1.807, 2.05) is 24.3 Å². The summed E-state index contributed by atoms with van der Waals surface area (Å²) in [6.07, 6.45) is 5.97. The van der Waals surface area contributed by atoms with Crippen molar-refractivity contribution in [1.29, 1.82) is 0 Å². The minimum Gasteiger partial charge on any atom is -0.316 e. The molecular weight excluding hydrogens is 326 g/mol. The van der Waals surface area contributed by atoms with Gasteiger partial charge in [0.15, 0.2) is 0 Å². The Labute approximate surface area is 161 Å². The van der Waals surface area contributed by atoms with E-state index in [2.05, 4.69) is 92.4 Å². The van der Waals surface area contributed by atoms with E-state index >= 15 is 0 Å². The third-order valence-corrected chi connectivity index (χ3v) is 4.56. The van der Waals surface area contributed by atoms with Crippen LogP contribution in [-0.4, -0.2) is 4.57 Å². The average Bonchev–Trinajstić information content (AvgIpc) is 3.02. The molecule has 0 saturated heterocycles. The summed E-state index contributed by atoms with van der Waals surface area (Å²) < 4.78 is 2.23. The summed E-state index contributed by atoms with van der Waals surface area (Å²) in [4.78, 5) is 0. The van der Waals surface area contributed by atoms with Gasteiger partial charge in [-0.25, -0.2) is 0 Å². The molecule has 0 fully saturated rings. The third kappa shape index (κ3) is 4.27. The molecule has 4 aromatic rings. The average molecular weight is 351 g/mol. The van der Waals surface area contributed by atoms with Gasteiger partial charge in [0.1, 0.15) is 0 Å². The van der Waals surface area contributed by atoms with Crippen LogP contribution in [0.4, 0.5) is 0 Å². The lowest BCUT2D eigenvalue weighted by atomic mass is 10.2. The number of allylic oxidation sites excluding steroid dienone is 1. The molecule has 1 heteroatoms. The van der Waals surface area contributed by atoms with Crippen molar-refractivity contribution in [3.8, 4) is 5.69 Å². The van der Waals surface area contributed by atoms with E-state index in [9.17, 15) is 0 Å². The fraction of sp³-hybridized carbons (Fsp3) is 0.0769. The van der Waals surface area contributed by atoms with Gasteiger partial charge in [0.2, 0.25) is 0 Å². The van der Waals surface area contributed by atoms with Gasteiger partial charge >= 0.3 is 0 Å². The summed E-state index contributed by atoms with van der Waals surface area (Å²) in [7, 11) is 0. The minimum absolute atomic E-state index is 1.02. The Morgan fingerprint density at radius 3 is 2.22 bits per heavy atom. The highest BCUT2D eigenvalue weighted by atomic mass is 15.0. The van der Waals surface area contributed by atoms with Crippen LogP contribution in [0.2, 0.25) is 0 Å². The van der Waals surface area contributed by atoms with Crippen molar-refractivity contribution in [2.45, 2.75) is 13.8 Å². The second kappa shape index (κ2) is 8.37. The highest BCUT2D eigenvalue weighted by molar-refractivity contribution is 5.85. The molecule has 0 saturated carbocycles. The SMILES string of the molecule is C=C/C=c1/cc(-n2cc(C)c3ccccc32)ccc1=C.Cc1ccccc1. The summed E-state index contributed by atoms with van der Waals surface area (Å²) in [5.74, 6) is 0. The Hall–Kier alpha value is -3.32. The largest absolute Gasteiger partial charge is 0.316 e. The van der Waals surface area contributed by atoms with Crippen molar-refractivity contribution < 1.29 is 0 Å².